The number of likely N-dealkylation sites (tertiary alicyclic amines) is 2. The van der Waals surface area contributed by atoms with E-state index in [9.17, 15) is 34.0 Å². The first-order valence-corrected chi connectivity index (χ1v) is 19.9. The number of carbonyl (C=O) groups is 5. The number of amides is 5. The van der Waals surface area contributed by atoms with Gasteiger partial charge in [0.2, 0.25) is 29.5 Å². The summed E-state index contributed by atoms with van der Waals surface area (Å²) in [4.78, 5) is 72.0. The van der Waals surface area contributed by atoms with Crippen LogP contribution in [0.2, 0.25) is 5.82 Å². The summed E-state index contributed by atoms with van der Waals surface area (Å²) in [5.41, 5.74) is 19.1. The Kier molecular flexibility index (Phi) is 16.8. The van der Waals surface area contributed by atoms with Crippen molar-refractivity contribution in [2.24, 2.45) is 23.1 Å². The first kappa shape index (κ1) is 44.4. The number of piperidine rings is 1. The molecule has 0 aliphatic carbocycles. The zero-order chi connectivity index (χ0) is 40.8. The van der Waals surface area contributed by atoms with Crippen molar-refractivity contribution in [1.29, 1.82) is 0 Å². The van der Waals surface area contributed by atoms with Gasteiger partial charge in [-0.25, -0.2) is 0 Å². The largest absolute Gasteiger partial charge is 0.456 e. The van der Waals surface area contributed by atoms with E-state index in [1.54, 1.807) is 9.80 Å². The predicted molar refractivity (Wildman–Crippen MR) is 214 cm³/mol. The van der Waals surface area contributed by atoms with Crippen molar-refractivity contribution in [1.82, 2.24) is 25.8 Å². The Balaban J connectivity index is 1.44. The van der Waals surface area contributed by atoms with Gasteiger partial charge in [-0.2, -0.15) is 0 Å². The van der Waals surface area contributed by atoms with Crippen LogP contribution in [0.4, 0.5) is 0 Å². The second kappa shape index (κ2) is 21.3. The average Bonchev–Trinajstić information content (AvgIpc) is 3.68. The summed E-state index contributed by atoms with van der Waals surface area (Å²) < 4.78 is 0. The molecule has 2 aromatic rings. The van der Waals surface area contributed by atoms with Crippen molar-refractivity contribution >= 4 is 36.7 Å². The predicted octanol–water partition coefficient (Wildman–Crippen LogP) is -0.176. The molecule has 0 aromatic heterocycles. The maximum absolute atomic E-state index is 14.0. The van der Waals surface area contributed by atoms with Crippen molar-refractivity contribution in [3.63, 3.8) is 0 Å². The minimum atomic E-state index is -1.51. The minimum Gasteiger partial charge on any atom is -0.427 e. The summed E-state index contributed by atoms with van der Waals surface area (Å²) in [7, 11) is -1.51. The van der Waals surface area contributed by atoms with Gasteiger partial charge in [-0.3, -0.25) is 24.0 Å². The summed E-state index contributed by atoms with van der Waals surface area (Å²) in [6.07, 6.45) is 3.12. The van der Waals surface area contributed by atoms with Crippen LogP contribution in [0.5, 0.6) is 0 Å². The van der Waals surface area contributed by atoms with Crippen LogP contribution < -0.4 is 33.2 Å². The van der Waals surface area contributed by atoms with Crippen molar-refractivity contribution in [3.8, 4) is 0 Å². The van der Waals surface area contributed by atoms with E-state index in [2.05, 4.69) is 16.0 Å². The molecule has 5 amide bonds. The van der Waals surface area contributed by atoms with Crippen LogP contribution in [0.15, 0.2) is 60.7 Å². The van der Waals surface area contributed by atoms with Crippen LogP contribution in [-0.4, -0.2) is 119 Å². The second-order valence-corrected chi connectivity index (χ2v) is 15.8. The molecule has 1 unspecified atom stereocenters. The van der Waals surface area contributed by atoms with Crippen molar-refractivity contribution in [2.75, 3.05) is 32.7 Å². The molecule has 2 aromatic carbocycles. The zero-order valence-corrected chi connectivity index (χ0v) is 32.8. The number of nitrogens with zero attached hydrogens (tertiary/aromatic N) is 2. The van der Waals surface area contributed by atoms with Gasteiger partial charge in [0, 0.05) is 38.4 Å². The number of hydrogen-bond donors (Lipinski definition) is 8. The second-order valence-electron chi connectivity index (χ2n) is 15.8. The van der Waals surface area contributed by atoms with E-state index in [0.717, 1.165) is 11.1 Å². The van der Waals surface area contributed by atoms with Gasteiger partial charge in [0.05, 0.1) is 11.6 Å². The van der Waals surface area contributed by atoms with Crippen molar-refractivity contribution in [2.45, 2.75) is 107 Å². The van der Waals surface area contributed by atoms with Crippen molar-refractivity contribution < 1.29 is 34.0 Å². The van der Waals surface area contributed by atoms with Gasteiger partial charge in [-0.05, 0) is 75.0 Å². The molecule has 0 saturated carbocycles. The van der Waals surface area contributed by atoms with E-state index in [0.29, 0.717) is 38.8 Å². The summed E-state index contributed by atoms with van der Waals surface area (Å²) in [5.74, 6) is -2.61. The fourth-order valence-electron chi connectivity index (χ4n) is 7.39. The molecule has 11 N–H and O–H groups in total. The first-order valence-electron chi connectivity index (χ1n) is 19.9. The normalized spacial score (nSPS) is 18.8. The molecule has 0 radical (unpaired) electrons. The van der Waals surface area contributed by atoms with E-state index in [1.165, 1.54) is 0 Å². The van der Waals surface area contributed by atoms with E-state index in [4.69, 9.17) is 17.2 Å². The molecular formula is C40H61BN8O7. The highest BCUT2D eigenvalue weighted by Gasteiger charge is 2.45. The molecule has 2 heterocycles. The Hall–Kier alpha value is -4.35. The molecule has 2 aliphatic rings. The van der Waals surface area contributed by atoms with E-state index in [1.807, 2.05) is 74.5 Å². The summed E-state index contributed by atoms with van der Waals surface area (Å²) in [5, 5.41) is 27.7. The fourth-order valence-corrected chi connectivity index (χ4v) is 7.39. The maximum atomic E-state index is 14.0. The van der Waals surface area contributed by atoms with Gasteiger partial charge in [-0.15, -0.1) is 0 Å². The third kappa shape index (κ3) is 12.8. The van der Waals surface area contributed by atoms with Gasteiger partial charge >= 0.3 is 7.12 Å². The Morgan fingerprint density at radius 2 is 1.34 bits per heavy atom. The molecule has 0 spiro atoms. The summed E-state index contributed by atoms with van der Waals surface area (Å²) in [6.45, 7) is 5.24. The highest BCUT2D eigenvalue weighted by molar-refractivity contribution is 6.43. The molecule has 15 nitrogen and oxygen atoms in total. The standard InChI is InChI=1S/C40H61BN8O7/c1-27(2)23-33(47-37(52)34(25-29-13-7-4-8-14-29)46-35(50)31(43)24-28-11-5-3-6-12-28)36(51)45-32(15-9-10-19-42)38(53)48-21-17-40(44,18-22-48)39(54)49-20-16-30(26-49)41(55)56/h3-8,11-14,27,30-34,55-56H,9-10,15-26,42-44H2,1-2H3,(H,45,51)(H,46,50)(H,47,52)/t30?,31-,32-,33-,34-/m1/s1. The van der Waals surface area contributed by atoms with Gasteiger partial charge in [0.15, 0.2) is 0 Å². The highest BCUT2D eigenvalue weighted by Crippen LogP contribution is 2.29. The van der Waals surface area contributed by atoms with Gasteiger partial charge in [-0.1, -0.05) is 74.5 Å². The molecule has 0 bridgehead atoms. The zero-order valence-electron chi connectivity index (χ0n) is 32.8. The van der Waals surface area contributed by atoms with Crippen LogP contribution in [0, 0.1) is 5.92 Å². The number of rotatable bonds is 19. The van der Waals surface area contributed by atoms with Gasteiger partial charge in [0.1, 0.15) is 18.1 Å². The lowest BCUT2D eigenvalue weighted by atomic mass is 9.72. The number of nitrogens with two attached hydrogens (primary N) is 3. The first-order chi connectivity index (χ1) is 26.7. The highest BCUT2D eigenvalue weighted by atomic mass is 16.4. The van der Waals surface area contributed by atoms with Crippen LogP contribution in [-0.2, 0) is 36.8 Å². The third-order valence-electron chi connectivity index (χ3n) is 10.8. The average molecular weight is 777 g/mol. The Morgan fingerprint density at radius 3 is 1.89 bits per heavy atom. The van der Waals surface area contributed by atoms with Crippen molar-refractivity contribution in [3.05, 3.63) is 71.8 Å². The lowest BCUT2D eigenvalue weighted by molar-refractivity contribution is -0.143. The number of hydrogen-bond acceptors (Lipinski definition) is 10. The van der Waals surface area contributed by atoms with Gasteiger partial charge < -0.3 is 53.0 Å². The third-order valence-corrected chi connectivity index (χ3v) is 10.8. The van der Waals surface area contributed by atoms with Crippen LogP contribution >= 0.6 is 0 Å². The molecule has 306 valence electrons. The van der Waals surface area contributed by atoms with Crippen LogP contribution in [0.3, 0.4) is 0 Å². The summed E-state index contributed by atoms with van der Waals surface area (Å²) in [6, 6.07) is 14.7. The minimum absolute atomic E-state index is 0.0114. The Labute approximate surface area is 330 Å². The topological polar surface area (TPSA) is 246 Å². The smallest absolute Gasteiger partial charge is 0.427 e. The summed E-state index contributed by atoms with van der Waals surface area (Å²) >= 11 is 0. The van der Waals surface area contributed by atoms with Gasteiger partial charge in [0.25, 0.3) is 0 Å². The quantitative estimate of drug-likeness (QED) is 0.0691. The molecule has 16 heteroatoms. The maximum Gasteiger partial charge on any atom is 0.456 e. The Bertz CT molecular complexity index is 1590. The molecule has 2 saturated heterocycles. The van der Waals surface area contributed by atoms with Crippen LogP contribution in [0.1, 0.15) is 69.9 Å². The molecule has 56 heavy (non-hydrogen) atoms. The Morgan fingerprint density at radius 1 is 0.786 bits per heavy atom. The molecule has 5 atom stereocenters. The number of carbonyl (C=O) groups excluding carboxylic acids is 5. The number of nitrogens with one attached hydrogen (secondary N) is 3. The number of unbranched alkanes of at least 4 members (excludes halogenated alkanes) is 1. The fraction of sp³-hybridized carbons (Fsp3) is 0.575. The molecular weight excluding hydrogens is 715 g/mol. The molecule has 4 rings (SSSR count). The molecule has 2 fully saturated rings. The van der Waals surface area contributed by atoms with Crippen LogP contribution in [0.25, 0.3) is 0 Å². The van der Waals surface area contributed by atoms with E-state index in [-0.39, 0.29) is 69.5 Å². The van der Waals surface area contributed by atoms with E-state index >= 15 is 0 Å². The number of benzene rings is 2. The lowest BCUT2D eigenvalue weighted by Gasteiger charge is -2.41. The lowest BCUT2D eigenvalue weighted by Crippen LogP contribution is -2.62. The van der Waals surface area contributed by atoms with E-state index < -0.39 is 60.4 Å². The monoisotopic (exact) mass is 776 g/mol. The molecule has 2 aliphatic heterocycles. The SMILES string of the molecule is CC(C)C[C@@H](NC(=O)[C@@H](Cc1ccccc1)NC(=O)[C@H](N)Cc1ccccc1)C(=O)N[C@H](CCCCN)C(=O)N1CCC(N)(C(=O)N2CCC(B(O)O)C2)CC1.